The van der Waals surface area contributed by atoms with Crippen LogP contribution in [0.3, 0.4) is 0 Å². The van der Waals surface area contributed by atoms with Crippen LogP contribution in [0.1, 0.15) is 12.8 Å². The van der Waals surface area contributed by atoms with Crippen LogP contribution in [0, 0.1) is 24.1 Å². The zero-order valence-corrected chi connectivity index (χ0v) is 18.9. The molecule has 1 saturated heterocycles. The summed E-state index contributed by atoms with van der Waals surface area (Å²) in [5.41, 5.74) is 7.36. The van der Waals surface area contributed by atoms with E-state index >= 15 is 4.39 Å². The number of fused-ring (bicyclic) bond motifs is 1. The number of aromatic nitrogens is 4. The van der Waals surface area contributed by atoms with Gasteiger partial charge >= 0.3 is 0 Å². The lowest BCUT2D eigenvalue weighted by Crippen LogP contribution is -2.32. The number of benzene rings is 2. The largest absolute Gasteiger partial charge is 0.457 e. The number of halogens is 1. The van der Waals surface area contributed by atoms with Gasteiger partial charge in [0.15, 0.2) is 5.65 Å². The van der Waals surface area contributed by atoms with Crippen LogP contribution in [0.15, 0.2) is 54.9 Å². The first-order valence-corrected chi connectivity index (χ1v) is 11.6. The zero-order valence-electron chi connectivity index (χ0n) is 18.9. The maximum Gasteiger partial charge on any atom is 0.210 e. The van der Waals surface area contributed by atoms with Crippen LogP contribution in [-0.4, -0.2) is 43.6 Å². The number of hydrogen-bond acceptors (Lipinski definition) is 6. The van der Waals surface area contributed by atoms with Gasteiger partial charge in [0.2, 0.25) is 6.41 Å². The molecule has 1 saturated carbocycles. The number of likely N-dealkylation sites (tertiary alicyclic amines) is 1. The van der Waals surface area contributed by atoms with Crippen LogP contribution < -0.4 is 10.5 Å². The van der Waals surface area contributed by atoms with Crippen molar-refractivity contribution >= 4 is 23.3 Å². The summed E-state index contributed by atoms with van der Waals surface area (Å²) < 4.78 is 22.8. The highest BCUT2D eigenvalue weighted by molar-refractivity contribution is 5.98. The van der Waals surface area contributed by atoms with E-state index in [2.05, 4.69) is 16.4 Å². The van der Waals surface area contributed by atoms with Gasteiger partial charge in [-0.3, -0.25) is 4.79 Å². The fourth-order valence-electron chi connectivity index (χ4n) is 4.98. The summed E-state index contributed by atoms with van der Waals surface area (Å²) in [6.07, 6.45) is 6.59. The predicted octanol–water partition coefficient (Wildman–Crippen LogP) is 4.08. The molecular weight excluding hydrogens is 447 g/mol. The second-order valence-corrected chi connectivity index (χ2v) is 9.13. The van der Waals surface area contributed by atoms with Gasteiger partial charge in [0.1, 0.15) is 35.2 Å². The van der Waals surface area contributed by atoms with Crippen molar-refractivity contribution < 1.29 is 13.9 Å². The first-order chi connectivity index (χ1) is 17.1. The normalized spacial score (nSPS) is 19.9. The summed E-state index contributed by atoms with van der Waals surface area (Å²) in [6, 6.07) is 13.8. The molecule has 2 aromatic heterocycles. The van der Waals surface area contributed by atoms with Gasteiger partial charge in [-0.15, -0.1) is 0 Å². The average molecular weight is 472 g/mol. The highest BCUT2D eigenvalue weighted by Gasteiger charge is 2.41. The number of ether oxygens (including phenoxy) is 1. The lowest BCUT2D eigenvalue weighted by atomic mass is 10.0. The third-order valence-electron chi connectivity index (χ3n) is 6.85. The van der Waals surface area contributed by atoms with Crippen molar-refractivity contribution in [3.8, 4) is 22.8 Å². The number of amides is 1. The van der Waals surface area contributed by atoms with Crippen LogP contribution in [0.25, 0.3) is 22.3 Å². The van der Waals surface area contributed by atoms with E-state index < -0.39 is 5.82 Å². The summed E-state index contributed by atoms with van der Waals surface area (Å²) in [5.74, 6) is 1.79. The summed E-state index contributed by atoms with van der Waals surface area (Å²) in [7, 11) is 0. The highest BCUT2D eigenvalue weighted by atomic mass is 19.1. The molecule has 1 amide bonds. The van der Waals surface area contributed by atoms with Gasteiger partial charge in [0.05, 0.1) is 18.0 Å². The predicted molar refractivity (Wildman–Crippen MR) is 129 cm³/mol. The Morgan fingerprint density at radius 1 is 1.14 bits per heavy atom. The van der Waals surface area contributed by atoms with E-state index in [0.717, 1.165) is 25.8 Å². The molecule has 2 fully saturated rings. The molecule has 8 nitrogen and oxygen atoms in total. The monoisotopic (exact) mass is 471 g/mol. The van der Waals surface area contributed by atoms with E-state index in [0.29, 0.717) is 46.6 Å². The van der Waals surface area contributed by atoms with E-state index in [-0.39, 0.29) is 17.4 Å². The van der Waals surface area contributed by atoms with Gasteiger partial charge in [-0.2, -0.15) is 5.10 Å². The standard InChI is InChI=1S/C26H24FN6O2/c27-22-11-20(35-19-4-2-1-3-5-19)8-9-21(22)24-23-25(28)29-14-30-26(23)33(31-24)13-18-10-17(16-6-7-16)12-32(18)15-34/h1-6,8-9,11,14-18H,7,10,12-13H2,(H2,28,29,30)/t16?,17?,18-/m1/s1. The fraction of sp³-hybridized carbons (Fsp3) is 0.269. The molecule has 9 heteroatoms. The van der Waals surface area contributed by atoms with Crippen molar-refractivity contribution in [1.29, 1.82) is 0 Å². The molecule has 177 valence electrons. The first-order valence-electron chi connectivity index (χ1n) is 11.6. The second kappa shape index (κ2) is 8.65. The van der Waals surface area contributed by atoms with Crippen molar-refractivity contribution in [3.63, 3.8) is 0 Å². The van der Waals surface area contributed by atoms with Crippen molar-refractivity contribution in [1.82, 2.24) is 24.6 Å². The van der Waals surface area contributed by atoms with Crippen molar-refractivity contribution in [2.24, 2.45) is 11.8 Å². The summed E-state index contributed by atoms with van der Waals surface area (Å²) >= 11 is 0. The van der Waals surface area contributed by atoms with Crippen LogP contribution in [-0.2, 0) is 11.3 Å². The Balaban J connectivity index is 1.34. The molecule has 3 heterocycles. The van der Waals surface area contributed by atoms with Gasteiger partial charge in [0, 0.05) is 18.2 Å². The molecule has 0 bridgehead atoms. The number of para-hydroxylation sites is 1. The third-order valence-corrected chi connectivity index (χ3v) is 6.85. The number of nitrogens with two attached hydrogens (primary N) is 1. The lowest BCUT2D eigenvalue weighted by molar-refractivity contribution is -0.119. The minimum Gasteiger partial charge on any atom is -0.457 e. The smallest absolute Gasteiger partial charge is 0.210 e. The van der Waals surface area contributed by atoms with E-state index in [4.69, 9.17) is 15.6 Å². The maximum absolute atomic E-state index is 15.3. The Labute approximate surface area is 201 Å². The van der Waals surface area contributed by atoms with E-state index in [1.165, 1.54) is 12.4 Å². The quantitative estimate of drug-likeness (QED) is 0.408. The third kappa shape index (κ3) is 4.07. The molecule has 2 aromatic carbocycles. The number of hydrogen-bond donors (Lipinski definition) is 1. The molecule has 0 spiro atoms. The van der Waals surface area contributed by atoms with Crippen LogP contribution >= 0.6 is 0 Å². The second-order valence-electron chi connectivity index (χ2n) is 9.13. The first kappa shape index (κ1) is 21.5. The maximum atomic E-state index is 15.3. The van der Waals surface area contributed by atoms with Crippen molar-refractivity contribution in [2.45, 2.75) is 25.4 Å². The number of carbonyl (C=O) groups excluding carboxylic acids is 1. The zero-order chi connectivity index (χ0) is 23.9. The number of nitrogens with zero attached hydrogens (tertiary/aromatic N) is 5. The van der Waals surface area contributed by atoms with Gasteiger partial charge in [-0.1, -0.05) is 18.2 Å². The topological polar surface area (TPSA) is 99.2 Å². The fourth-order valence-corrected chi connectivity index (χ4v) is 4.98. The lowest BCUT2D eigenvalue weighted by Gasteiger charge is -2.19. The van der Waals surface area contributed by atoms with E-state index in [9.17, 15) is 4.79 Å². The Morgan fingerprint density at radius 2 is 1.97 bits per heavy atom. The van der Waals surface area contributed by atoms with Crippen LogP contribution in [0.2, 0.25) is 0 Å². The van der Waals surface area contributed by atoms with E-state index in [1.54, 1.807) is 28.9 Å². The Bertz CT molecular complexity index is 1390. The molecule has 1 radical (unpaired) electrons. The van der Waals surface area contributed by atoms with Crippen LogP contribution in [0.4, 0.5) is 10.2 Å². The minimum atomic E-state index is -0.493. The molecule has 6 rings (SSSR count). The number of nitrogen functional groups attached to an aromatic ring is 1. The molecule has 2 aliphatic rings. The van der Waals surface area contributed by atoms with Gasteiger partial charge in [-0.05, 0) is 55.4 Å². The Hall–Kier alpha value is -4.01. The molecule has 1 aliphatic carbocycles. The summed E-state index contributed by atoms with van der Waals surface area (Å²) in [5, 5.41) is 5.21. The van der Waals surface area contributed by atoms with Gasteiger partial charge < -0.3 is 15.4 Å². The van der Waals surface area contributed by atoms with Gasteiger partial charge in [0.25, 0.3) is 0 Å². The molecule has 2 unspecified atom stereocenters. The minimum absolute atomic E-state index is 0.00913. The van der Waals surface area contributed by atoms with Gasteiger partial charge in [-0.25, -0.2) is 19.0 Å². The summed E-state index contributed by atoms with van der Waals surface area (Å²) in [6.45, 7) is 1.20. The molecule has 4 aromatic rings. The number of rotatable bonds is 7. The molecule has 3 atom stereocenters. The van der Waals surface area contributed by atoms with Crippen molar-refractivity contribution in [3.05, 3.63) is 67.1 Å². The molecule has 2 N–H and O–H groups in total. The number of carbonyl (C=O) groups is 1. The molecular formula is C26H24FN6O2. The Kier molecular flexibility index (Phi) is 5.32. The number of anilines is 1. The summed E-state index contributed by atoms with van der Waals surface area (Å²) in [4.78, 5) is 22.1. The highest BCUT2D eigenvalue weighted by Crippen LogP contribution is 2.42. The van der Waals surface area contributed by atoms with E-state index in [1.807, 2.05) is 23.1 Å². The molecule has 1 aliphatic heterocycles. The van der Waals surface area contributed by atoms with Crippen molar-refractivity contribution in [2.75, 3.05) is 12.3 Å². The van der Waals surface area contributed by atoms with Crippen LogP contribution in [0.5, 0.6) is 11.5 Å². The Morgan fingerprint density at radius 3 is 2.71 bits per heavy atom. The average Bonchev–Trinajstić information content (AvgIpc) is 3.54. The SMILES string of the molecule is Nc1ncnc2c1c(-c1ccc(Oc3ccccc3)cc1F)nn2C[C@H]1CC(C2[CH]C2)CN1C=O. The molecule has 35 heavy (non-hydrogen) atoms.